The molecule has 5 heteroatoms. The van der Waals surface area contributed by atoms with Gasteiger partial charge in [0.25, 0.3) is 0 Å². The van der Waals surface area contributed by atoms with Crippen LogP contribution in [0.15, 0.2) is 0 Å². The van der Waals surface area contributed by atoms with Gasteiger partial charge in [0.15, 0.2) is 0 Å². The van der Waals surface area contributed by atoms with Gasteiger partial charge in [0.1, 0.15) is 6.10 Å². The molecule has 2 unspecified atom stereocenters. The Labute approximate surface area is 115 Å². The third-order valence-electron chi connectivity index (χ3n) is 4.56. The molecule has 2 atom stereocenters. The third-order valence-corrected chi connectivity index (χ3v) is 4.56. The molecule has 1 aliphatic heterocycles. The monoisotopic (exact) mass is 273 g/mol. The van der Waals surface area contributed by atoms with Crippen molar-refractivity contribution >= 4 is 0 Å². The molecule has 0 aromatic heterocycles. The first-order valence-corrected chi connectivity index (χ1v) is 7.35. The van der Waals surface area contributed by atoms with E-state index >= 15 is 0 Å². The van der Waals surface area contributed by atoms with Crippen molar-refractivity contribution in [2.45, 2.75) is 44.0 Å². The van der Waals surface area contributed by atoms with Crippen LogP contribution in [0.25, 0.3) is 0 Å². The number of nitrogens with zero attached hydrogens (tertiary/aromatic N) is 1. The summed E-state index contributed by atoms with van der Waals surface area (Å²) in [5.41, 5.74) is 0. The number of aliphatic hydroxyl groups is 3. The Morgan fingerprint density at radius 3 is 2.00 bits per heavy atom. The van der Waals surface area contributed by atoms with E-state index in [1.54, 1.807) is 7.11 Å². The van der Waals surface area contributed by atoms with E-state index in [4.69, 9.17) is 4.74 Å². The first-order valence-electron chi connectivity index (χ1n) is 7.35. The minimum absolute atomic E-state index is 0.468. The second-order valence-electron chi connectivity index (χ2n) is 6.19. The van der Waals surface area contributed by atoms with Gasteiger partial charge in [0.05, 0.1) is 12.2 Å². The maximum absolute atomic E-state index is 9.69. The summed E-state index contributed by atoms with van der Waals surface area (Å²) in [6.07, 6.45) is 2.16. The van der Waals surface area contributed by atoms with Gasteiger partial charge in [-0.2, -0.15) is 0 Å². The molecule has 2 aliphatic rings. The zero-order valence-electron chi connectivity index (χ0n) is 11.7. The SMILES string of the molecule is COCC1CCC(CN2CC(O)C(O)C(O)C2)CC1. The van der Waals surface area contributed by atoms with E-state index in [-0.39, 0.29) is 0 Å². The minimum Gasteiger partial charge on any atom is -0.389 e. The molecule has 0 bridgehead atoms. The Morgan fingerprint density at radius 1 is 0.947 bits per heavy atom. The van der Waals surface area contributed by atoms with Crippen molar-refractivity contribution in [3.8, 4) is 0 Å². The Kier molecular flexibility index (Phi) is 5.59. The predicted octanol–water partition coefficient (Wildman–Crippen LogP) is -0.162. The first-order chi connectivity index (χ1) is 9.10. The van der Waals surface area contributed by atoms with E-state index in [9.17, 15) is 15.3 Å². The van der Waals surface area contributed by atoms with Crippen LogP contribution in [0, 0.1) is 11.8 Å². The molecule has 0 amide bonds. The van der Waals surface area contributed by atoms with Gasteiger partial charge in [0.2, 0.25) is 0 Å². The summed E-state index contributed by atoms with van der Waals surface area (Å²) in [5.74, 6) is 1.34. The molecule has 0 radical (unpaired) electrons. The van der Waals surface area contributed by atoms with Crippen molar-refractivity contribution in [1.29, 1.82) is 0 Å². The van der Waals surface area contributed by atoms with Crippen molar-refractivity contribution in [2.75, 3.05) is 33.4 Å². The predicted molar refractivity (Wildman–Crippen MR) is 71.8 cm³/mol. The molecule has 2 rings (SSSR count). The average molecular weight is 273 g/mol. The standard InChI is InChI=1S/C14H27NO4/c1-19-9-11-4-2-10(3-5-11)6-15-7-12(16)14(18)13(17)8-15/h10-14,16-18H,2-9H2,1H3. The maximum atomic E-state index is 9.69. The van der Waals surface area contributed by atoms with Crippen LogP contribution in [0.1, 0.15) is 25.7 Å². The molecule has 1 aliphatic carbocycles. The minimum atomic E-state index is -0.992. The van der Waals surface area contributed by atoms with E-state index in [0.29, 0.717) is 24.9 Å². The summed E-state index contributed by atoms with van der Waals surface area (Å²) < 4.78 is 5.20. The second-order valence-corrected chi connectivity index (χ2v) is 6.19. The molecule has 3 N–H and O–H groups in total. The molecule has 2 fully saturated rings. The van der Waals surface area contributed by atoms with Crippen LogP contribution in [0.4, 0.5) is 0 Å². The first kappa shape index (κ1) is 15.2. The zero-order chi connectivity index (χ0) is 13.8. The number of rotatable bonds is 4. The van der Waals surface area contributed by atoms with Crippen LogP contribution in [0.3, 0.4) is 0 Å². The second kappa shape index (κ2) is 6.99. The van der Waals surface area contributed by atoms with Crippen LogP contribution in [0.5, 0.6) is 0 Å². The molecule has 0 aromatic carbocycles. The molecule has 19 heavy (non-hydrogen) atoms. The van der Waals surface area contributed by atoms with Crippen molar-refractivity contribution < 1.29 is 20.1 Å². The number of likely N-dealkylation sites (tertiary alicyclic amines) is 1. The summed E-state index contributed by atoms with van der Waals surface area (Å²) in [6, 6.07) is 0. The highest BCUT2D eigenvalue weighted by atomic mass is 16.5. The summed E-state index contributed by atoms with van der Waals surface area (Å²) in [4.78, 5) is 2.09. The molecule has 1 saturated carbocycles. The number of hydrogen-bond donors (Lipinski definition) is 3. The number of ether oxygens (including phenoxy) is 1. The van der Waals surface area contributed by atoms with Gasteiger partial charge in [-0.1, -0.05) is 0 Å². The fraction of sp³-hybridized carbons (Fsp3) is 1.00. The summed E-state index contributed by atoms with van der Waals surface area (Å²) in [7, 11) is 1.76. The summed E-state index contributed by atoms with van der Waals surface area (Å²) in [6.45, 7) is 2.72. The molecule has 0 aromatic rings. The number of hydrogen-bond acceptors (Lipinski definition) is 5. The van der Waals surface area contributed by atoms with E-state index in [2.05, 4.69) is 4.90 Å². The van der Waals surface area contributed by atoms with E-state index < -0.39 is 18.3 Å². The molecule has 5 nitrogen and oxygen atoms in total. The van der Waals surface area contributed by atoms with Crippen LogP contribution in [-0.4, -0.2) is 71.9 Å². The van der Waals surface area contributed by atoms with E-state index in [1.165, 1.54) is 25.7 Å². The van der Waals surface area contributed by atoms with Crippen LogP contribution in [0.2, 0.25) is 0 Å². The van der Waals surface area contributed by atoms with Gasteiger partial charge < -0.3 is 20.1 Å². The van der Waals surface area contributed by atoms with Gasteiger partial charge >= 0.3 is 0 Å². The maximum Gasteiger partial charge on any atom is 0.108 e. The van der Waals surface area contributed by atoms with Crippen molar-refractivity contribution in [3.05, 3.63) is 0 Å². The number of β-amino-alcohol motifs (C(OH)–C–C–N with tert-alkyl or cyclic N) is 2. The smallest absolute Gasteiger partial charge is 0.108 e. The molecule has 112 valence electrons. The molecular formula is C14H27NO4. The Bertz CT molecular complexity index is 256. The lowest BCUT2D eigenvalue weighted by Crippen LogP contribution is -2.56. The summed E-state index contributed by atoms with van der Waals surface area (Å²) in [5, 5.41) is 28.9. The highest BCUT2D eigenvalue weighted by Crippen LogP contribution is 2.30. The van der Waals surface area contributed by atoms with Gasteiger partial charge in [-0.15, -0.1) is 0 Å². The third kappa shape index (κ3) is 4.13. The number of aliphatic hydroxyl groups excluding tert-OH is 3. The van der Waals surface area contributed by atoms with E-state index in [0.717, 1.165) is 13.2 Å². The molecular weight excluding hydrogens is 246 g/mol. The zero-order valence-corrected chi connectivity index (χ0v) is 11.7. The molecule has 1 heterocycles. The Morgan fingerprint density at radius 2 is 1.47 bits per heavy atom. The fourth-order valence-corrected chi connectivity index (χ4v) is 3.41. The lowest BCUT2D eigenvalue weighted by Gasteiger charge is -2.39. The van der Waals surface area contributed by atoms with Crippen LogP contribution in [-0.2, 0) is 4.74 Å². The van der Waals surface area contributed by atoms with Gasteiger partial charge in [-0.25, -0.2) is 0 Å². The van der Waals surface area contributed by atoms with Crippen molar-refractivity contribution in [1.82, 2.24) is 4.90 Å². The fourth-order valence-electron chi connectivity index (χ4n) is 3.41. The number of piperidine rings is 1. The van der Waals surface area contributed by atoms with Crippen LogP contribution >= 0.6 is 0 Å². The average Bonchev–Trinajstić information content (AvgIpc) is 2.38. The lowest BCUT2D eigenvalue weighted by atomic mass is 9.82. The van der Waals surface area contributed by atoms with Crippen molar-refractivity contribution in [3.63, 3.8) is 0 Å². The number of methoxy groups -OCH3 is 1. The van der Waals surface area contributed by atoms with Gasteiger partial charge in [0, 0.05) is 33.4 Å². The Balaban J connectivity index is 1.73. The normalized spacial score (nSPS) is 41.4. The highest BCUT2D eigenvalue weighted by Gasteiger charge is 2.34. The molecule has 0 spiro atoms. The lowest BCUT2D eigenvalue weighted by molar-refractivity contribution is -0.112. The largest absolute Gasteiger partial charge is 0.389 e. The topological polar surface area (TPSA) is 73.2 Å². The van der Waals surface area contributed by atoms with Gasteiger partial charge in [-0.05, 0) is 37.5 Å². The Hall–Kier alpha value is -0.200. The van der Waals surface area contributed by atoms with Crippen molar-refractivity contribution in [2.24, 2.45) is 11.8 Å². The van der Waals surface area contributed by atoms with E-state index in [1.807, 2.05) is 0 Å². The quantitative estimate of drug-likeness (QED) is 0.664. The highest BCUT2D eigenvalue weighted by molar-refractivity contribution is 4.87. The summed E-state index contributed by atoms with van der Waals surface area (Å²) >= 11 is 0. The molecule has 1 saturated heterocycles. The van der Waals surface area contributed by atoms with Gasteiger partial charge in [-0.3, -0.25) is 4.90 Å². The van der Waals surface area contributed by atoms with Crippen LogP contribution < -0.4 is 0 Å².